The predicted octanol–water partition coefficient (Wildman–Crippen LogP) is 6.11. The topological polar surface area (TPSA) is 86.8 Å². The third kappa shape index (κ3) is 10.1. The molecule has 0 bridgehead atoms. The number of halogens is 3. The Kier molecular flexibility index (Phi) is 12.0. The molecule has 3 aromatic rings. The van der Waals surface area contributed by atoms with E-state index in [0.29, 0.717) is 6.42 Å². The summed E-state index contributed by atoms with van der Waals surface area (Å²) in [5, 5.41) is 3.00. The third-order valence-corrected chi connectivity index (χ3v) is 8.52. The molecule has 0 aliphatic heterocycles. The van der Waals surface area contributed by atoms with Crippen LogP contribution in [0.2, 0.25) is 0 Å². The van der Waals surface area contributed by atoms with Gasteiger partial charge in [0.05, 0.1) is 17.5 Å². The monoisotopic (exact) mass is 631 g/mol. The molecule has 7 nitrogen and oxygen atoms in total. The lowest BCUT2D eigenvalue weighted by Crippen LogP contribution is -2.52. The zero-order chi connectivity index (χ0) is 32.5. The third-order valence-electron chi connectivity index (χ3n) is 7.32. The number of carbonyl (C=O) groups excluding carboxylic acids is 2. The van der Waals surface area contributed by atoms with Crippen LogP contribution >= 0.6 is 0 Å². The number of carbonyl (C=O) groups is 2. The summed E-state index contributed by atoms with van der Waals surface area (Å²) < 4.78 is 66.1. The Morgan fingerprint density at radius 3 is 2.20 bits per heavy atom. The molecule has 44 heavy (non-hydrogen) atoms. The SMILES string of the molecule is CC[C@H](C)NC(=O)[C@H](Cc1ccccc1)N(Cc1cccc(C)c1)C(=O)CCCN(c1cccc(C(F)(F)F)c1)S(C)(=O)=O. The van der Waals surface area contributed by atoms with Gasteiger partial charge < -0.3 is 10.2 Å². The van der Waals surface area contributed by atoms with Crippen LogP contribution in [0.3, 0.4) is 0 Å². The molecule has 3 aromatic carbocycles. The van der Waals surface area contributed by atoms with Crippen LogP contribution in [-0.2, 0) is 38.8 Å². The summed E-state index contributed by atoms with van der Waals surface area (Å²) >= 11 is 0. The van der Waals surface area contributed by atoms with E-state index in [1.807, 2.05) is 75.4 Å². The fraction of sp³-hybridized carbons (Fsp3) is 0.394. The van der Waals surface area contributed by atoms with Gasteiger partial charge in [-0.05, 0) is 56.0 Å². The van der Waals surface area contributed by atoms with Crippen molar-refractivity contribution in [3.8, 4) is 0 Å². The number of rotatable bonds is 14. The Bertz CT molecular complexity index is 1510. The van der Waals surface area contributed by atoms with Crippen molar-refractivity contribution < 1.29 is 31.2 Å². The van der Waals surface area contributed by atoms with E-state index in [0.717, 1.165) is 45.5 Å². The van der Waals surface area contributed by atoms with E-state index in [-0.39, 0.29) is 55.9 Å². The van der Waals surface area contributed by atoms with Gasteiger partial charge in [0.25, 0.3) is 0 Å². The van der Waals surface area contributed by atoms with Gasteiger partial charge in [0.15, 0.2) is 0 Å². The average molecular weight is 632 g/mol. The Morgan fingerprint density at radius 2 is 1.59 bits per heavy atom. The van der Waals surface area contributed by atoms with Crippen molar-refractivity contribution in [2.24, 2.45) is 0 Å². The van der Waals surface area contributed by atoms with Crippen LogP contribution in [0.5, 0.6) is 0 Å². The van der Waals surface area contributed by atoms with E-state index in [2.05, 4.69) is 5.32 Å². The van der Waals surface area contributed by atoms with Gasteiger partial charge in [0, 0.05) is 32.0 Å². The predicted molar refractivity (Wildman–Crippen MR) is 166 cm³/mol. The quantitative estimate of drug-likeness (QED) is 0.233. The van der Waals surface area contributed by atoms with E-state index in [9.17, 15) is 31.2 Å². The van der Waals surface area contributed by atoms with Crippen molar-refractivity contribution in [2.75, 3.05) is 17.1 Å². The number of nitrogens with zero attached hydrogens (tertiary/aromatic N) is 2. The van der Waals surface area contributed by atoms with Gasteiger partial charge in [0.2, 0.25) is 21.8 Å². The van der Waals surface area contributed by atoms with Crippen molar-refractivity contribution in [1.29, 1.82) is 0 Å². The minimum Gasteiger partial charge on any atom is -0.352 e. The lowest BCUT2D eigenvalue weighted by atomic mass is 10.0. The molecule has 2 amide bonds. The number of hydrogen-bond donors (Lipinski definition) is 1. The molecule has 2 atom stereocenters. The van der Waals surface area contributed by atoms with E-state index in [1.54, 1.807) is 0 Å². The van der Waals surface area contributed by atoms with Crippen LogP contribution in [0.4, 0.5) is 18.9 Å². The summed E-state index contributed by atoms with van der Waals surface area (Å²) in [6, 6.07) is 20.1. The normalized spacial score (nSPS) is 13.2. The largest absolute Gasteiger partial charge is 0.416 e. The number of aryl methyl sites for hydroxylation is 1. The molecule has 0 fully saturated rings. The molecule has 0 radical (unpaired) electrons. The molecule has 0 aromatic heterocycles. The van der Waals surface area contributed by atoms with Crippen molar-refractivity contribution in [3.05, 3.63) is 101 Å². The second kappa shape index (κ2) is 15.2. The molecule has 0 spiro atoms. The number of anilines is 1. The van der Waals surface area contributed by atoms with Crippen molar-refractivity contribution in [1.82, 2.24) is 10.2 Å². The van der Waals surface area contributed by atoms with Gasteiger partial charge in [-0.2, -0.15) is 13.2 Å². The zero-order valence-corrected chi connectivity index (χ0v) is 26.3. The number of nitrogens with one attached hydrogen (secondary N) is 1. The highest BCUT2D eigenvalue weighted by molar-refractivity contribution is 7.92. The maximum Gasteiger partial charge on any atom is 0.416 e. The zero-order valence-electron chi connectivity index (χ0n) is 25.5. The van der Waals surface area contributed by atoms with Gasteiger partial charge in [-0.25, -0.2) is 8.42 Å². The van der Waals surface area contributed by atoms with Crippen LogP contribution in [0.25, 0.3) is 0 Å². The smallest absolute Gasteiger partial charge is 0.352 e. The van der Waals surface area contributed by atoms with Crippen molar-refractivity contribution in [3.63, 3.8) is 0 Å². The number of amides is 2. The molecule has 238 valence electrons. The van der Waals surface area contributed by atoms with Crippen LogP contribution in [0, 0.1) is 6.92 Å². The van der Waals surface area contributed by atoms with Gasteiger partial charge in [-0.15, -0.1) is 0 Å². The average Bonchev–Trinajstić information content (AvgIpc) is 2.96. The maximum atomic E-state index is 13.9. The summed E-state index contributed by atoms with van der Waals surface area (Å²) in [6.45, 7) is 5.70. The molecule has 0 aliphatic rings. The molecular weight excluding hydrogens is 591 g/mol. The van der Waals surface area contributed by atoms with Gasteiger partial charge >= 0.3 is 6.18 Å². The van der Waals surface area contributed by atoms with E-state index in [4.69, 9.17) is 0 Å². The second-order valence-electron chi connectivity index (χ2n) is 11.0. The minimum atomic E-state index is -4.64. The lowest BCUT2D eigenvalue weighted by Gasteiger charge is -2.33. The second-order valence-corrected chi connectivity index (χ2v) is 12.9. The Morgan fingerprint density at radius 1 is 0.932 bits per heavy atom. The molecule has 3 rings (SSSR count). The van der Waals surface area contributed by atoms with Gasteiger partial charge in [-0.1, -0.05) is 73.2 Å². The first kappa shape index (κ1) is 34.6. The number of sulfonamides is 1. The molecule has 0 saturated carbocycles. The molecule has 0 heterocycles. The fourth-order valence-electron chi connectivity index (χ4n) is 4.84. The summed E-state index contributed by atoms with van der Waals surface area (Å²) in [5.41, 5.74) is 1.57. The van der Waals surface area contributed by atoms with Crippen molar-refractivity contribution >= 4 is 27.5 Å². The van der Waals surface area contributed by atoms with E-state index < -0.39 is 27.8 Å². The first-order valence-corrected chi connectivity index (χ1v) is 16.4. The molecule has 11 heteroatoms. The highest BCUT2D eigenvalue weighted by Gasteiger charge is 2.33. The Labute approximate surface area is 258 Å². The summed E-state index contributed by atoms with van der Waals surface area (Å²) in [5.74, 6) is -0.671. The molecular formula is C33H40F3N3O4S. The van der Waals surface area contributed by atoms with Gasteiger partial charge in [0.1, 0.15) is 6.04 Å². The lowest BCUT2D eigenvalue weighted by molar-refractivity contribution is -0.141. The highest BCUT2D eigenvalue weighted by Crippen LogP contribution is 2.32. The number of alkyl halides is 3. The summed E-state index contributed by atoms with van der Waals surface area (Å²) in [6.07, 6.45) is -2.87. The van der Waals surface area contributed by atoms with Crippen LogP contribution < -0.4 is 9.62 Å². The van der Waals surface area contributed by atoms with Crippen LogP contribution in [-0.4, -0.2) is 50.0 Å². The van der Waals surface area contributed by atoms with Crippen molar-refractivity contribution in [2.45, 2.75) is 71.3 Å². The summed E-state index contributed by atoms with van der Waals surface area (Å²) in [4.78, 5) is 29.1. The molecule has 0 unspecified atom stereocenters. The Hall–Kier alpha value is -3.86. The standard InChI is InChI=1S/C33H40F3N3O4S/c1-5-25(3)37-32(41)30(21-26-13-7-6-8-14-26)38(23-27-15-9-12-24(2)20-27)31(40)18-11-19-39(44(4,42)43)29-17-10-16-28(22-29)33(34,35)36/h6-10,12-17,20,22,25,30H,5,11,18-19,21,23H2,1-4H3,(H,37,41)/t25-,30-/m0/s1. The van der Waals surface area contributed by atoms with Crippen LogP contribution in [0.1, 0.15) is 55.4 Å². The number of hydrogen-bond acceptors (Lipinski definition) is 4. The first-order chi connectivity index (χ1) is 20.7. The molecule has 0 saturated heterocycles. The molecule has 0 aliphatic carbocycles. The summed E-state index contributed by atoms with van der Waals surface area (Å²) in [7, 11) is -3.96. The fourth-order valence-corrected chi connectivity index (χ4v) is 5.80. The van der Waals surface area contributed by atoms with Crippen LogP contribution in [0.15, 0.2) is 78.9 Å². The minimum absolute atomic E-state index is 0.0253. The number of benzene rings is 3. The Balaban J connectivity index is 1.91. The van der Waals surface area contributed by atoms with Gasteiger partial charge in [-0.3, -0.25) is 13.9 Å². The van der Waals surface area contributed by atoms with E-state index in [1.165, 1.54) is 11.0 Å². The first-order valence-electron chi connectivity index (χ1n) is 14.5. The molecule has 1 N–H and O–H groups in total. The maximum absolute atomic E-state index is 13.9. The van der Waals surface area contributed by atoms with E-state index >= 15 is 0 Å². The highest BCUT2D eigenvalue weighted by atomic mass is 32.2.